The summed E-state index contributed by atoms with van der Waals surface area (Å²) in [7, 11) is 0. The molecule has 4 amide bonds. The maximum Gasteiger partial charge on any atom is 0.326 e. The smallest absolute Gasteiger partial charge is 0.326 e. The second kappa shape index (κ2) is 17.9. The molecule has 0 saturated heterocycles. The second-order valence-electron chi connectivity index (χ2n) is 9.77. The first-order valence-corrected chi connectivity index (χ1v) is 13.5. The van der Waals surface area contributed by atoms with E-state index in [4.69, 9.17) is 16.6 Å². The fourth-order valence-corrected chi connectivity index (χ4v) is 3.75. The van der Waals surface area contributed by atoms with Gasteiger partial charge in [-0.2, -0.15) is 0 Å². The first kappa shape index (κ1) is 35.3. The molecule has 0 aliphatic rings. The number of rotatable bonds is 18. The van der Waals surface area contributed by atoms with Gasteiger partial charge >= 0.3 is 11.9 Å². The van der Waals surface area contributed by atoms with Gasteiger partial charge in [-0.1, -0.05) is 38.5 Å². The molecule has 0 fully saturated rings. The van der Waals surface area contributed by atoms with Crippen molar-refractivity contribution in [3.05, 3.63) is 35.9 Å². The lowest BCUT2D eigenvalue weighted by atomic mass is 9.97. The number of nitrogens with zero attached hydrogens (tertiary/aromatic N) is 1. The summed E-state index contributed by atoms with van der Waals surface area (Å²) in [6.07, 6.45) is 0.00968. The quantitative estimate of drug-likeness (QED) is 0.0605. The van der Waals surface area contributed by atoms with Crippen molar-refractivity contribution < 1.29 is 39.0 Å². The highest BCUT2D eigenvalue weighted by molar-refractivity contribution is 5.99. The van der Waals surface area contributed by atoms with Gasteiger partial charge in [0, 0.05) is 18.5 Å². The molecule has 0 aromatic heterocycles. The number of hydrogen-bond donors (Lipinski definition) is 8. The van der Waals surface area contributed by atoms with Crippen LogP contribution in [-0.4, -0.2) is 82.5 Å². The first-order chi connectivity index (χ1) is 19.8. The largest absolute Gasteiger partial charge is 0.481 e. The Morgan fingerprint density at radius 3 is 2.00 bits per heavy atom. The zero-order valence-corrected chi connectivity index (χ0v) is 24.0. The number of carbonyl (C=O) groups is 6. The molecule has 42 heavy (non-hydrogen) atoms. The molecular formula is C27H41N7O8. The third-order valence-corrected chi connectivity index (χ3v) is 6.41. The zero-order chi connectivity index (χ0) is 31.8. The fraction of sp³-hybridized carbons (Fsp3) is 0.519. The summed E-state index contributed by atoms with van der Waals surface area (Å²) in [4.78, 5) is 78.3. The molecule has 0 aliphatic heterocycles. The number of carbonyl (C=O) groups excluding carboxylic acids is 4. The Morgan fingerprint density at radius 1 is 0.833 bits per heavy atom. The maximum atomic E-state index is 13.3. The van der Waals surface area contributed by atoms with E-state index in [1.54, 1.807) is 37.3 Å². The van der Waals surface area contributed by atoms with E-state index in [0.717, 1.165) is 0 Å². The lowest BCUT2D eigenvalue weighted by Crippen LogP contribution is -2.58. The van der Waals surface area contributed by atoms with Gasteiger partial charge in [-0.15, -0.1) is 0 Å². The van der Waals surface area contributed by atoms with Gasteiger partial charge in [-0.05, 0) is 44.2 Å². The van der Waals surface area contributed by atoms with Crippen LogP contribution in [0.4, 0.5) is 0 Å². The molecule has 1 aromatic carbocycles. The molecule has 1 rings (SSSR count). The third-order valence-electron chi connectivity index (χ3n) is 6.41. The van der Waals surface area contributed by atoms with Crippen LogP contribution in [0.2, 0.25) is 0 Å². The number of benzene rings is 1. The van der Waals surface area contributed by atoms with Crippen LogP contribution < -0.4 is 32.7 Å². The van der Waals surface area contributed by atoms with Crippen molar-refractivity contribution in [2.45, 2.75) is 77.0 Å². The number of aliphatic carboxylic acids is 2. The summed E-state index contributed by atoms with van der Waals surface area (Å²) >= 11 is 0. The summed E-state index contributed by atoms with van der Waals surface area (Å²) in [5.41, 5.74) is 10.8. The highest BCUT2D eigenvalue weighted by Crippen LogP contribution is 2.11. The molecule has 5 atom stereocenters. The van der Waals surface area contributed by atoms with Crippen molar-refractivity contribution in [2.75, 3.05) is 6.54 Å². The minimum atomic E-state index is -1.36. The van der Waals surface area contributed by atoms with Crippen molar-refractivity contribution in [1.82, 2.24) is 21.3 Å². The number of nitrogens with two attached hydrogens (primary N) is 2. The predicted molar refractivity (Wildman–Crippen MR) is 153 cm³/mol. The normalized spacial score (nSPS) is 14.2. The minimum Gasteiger partial charge on any atom is -0.481 e. The molecule has 0 saturated carbocycles. The fourth-order valence-electron chi connectivity index (χ4n) is 3.75. The Hall–Kier alpha value is -4.69. The van der Waals surface area contributed by atoms with Gasteiger partial charge < -0.3 is 42.9 Å². The molecule has 15 heteroatoms. The van der Waals surface area contributed by atoms with Crippen LogP contribution in [-0.2, 0) is 24.0 Å². The molecule has 0 radical (unpaired) electrons. The Kier molecular flexibility index (Phi) is 15.0. The monoisotopic (exact) mass is 591 g/mol. The van der Waals surface area contributed by atoms with Gasteiger partial charge in [0.1, 0.15) is 24.2 Å². The SMILES string of the molecule is CC[C@H](C)[C@H](NC(=O)c1ccccc1)C(=O)N[C@@H](CCC(=O)O)C(=O)N[C@@H](C)C(=O)N[C@@H](CCCN=C(N)N)C(=O)O. The molecular weight excluding hydrogens is 550 g/mol. The van der Waals surface area contributed by atoms with Crippen LogP contribution in [0, 0.1) is 5.92 Å². The Balaban J connectivity index is 2.96. The lowest BCUT2D eigenvalue weighted by molar-refractivity contribution is -0.142. The van der Waals surface area contributed by atoms with Crippen LogP contribution in [0.1, 0.15) is 63.2 Å². The van der Waals surface area contributed by atoms with Crippen molar-refractivity contribution in [3.8, 4) is 0 Å². The van der Waals surface area contributed by atoms with Crippen molar-refractivity contribution >= 4 is 41.5 Å². The average molecular weight is 592 g/mol. The molecule has 0 heterocycles. The van der Waals surface area contributed by atoms with Crippen LogP contribution in [0.15, 0.2) is 35.3 Å². The summed E-state index contributed by atoms with van der Waals surface area (Å²) in [6.45, 7) is 5.02. The summed E-state index contributed by atoms with van der Waals surface area (Å²) in [6, 6.07) is 3.31. The first-order valence-electron chi connectivity index (χ1n) is 13.5. The molecule has 0 unspecified atom stereocenters. The highest BCUT2D eigenvalue weighted by atomic mass is 16.4. The Bertz CT molecular complexity index is 1120. The molecule has 0 aliphatic carbocycles. The van der Waals surface area contributed by atoms with Gasteiger partial charge in [0.2, 0.25) is 17.7 Å². The minimum absolute atomic E-state index is 0.0154. The van der Waals surface area contributed by atoms with Crippen LogP contribution in [0.25, 0.3) is 0 Å². The Morgan fingerprint density at radius 2 is 1.45 bits per heavy atom. The number of guanidine groups is 1. The molecule has 15 nitrogen and oxygen atoms in total. The standard InChI is InChI=1S/C27H41N7O8/c1-4-15(2)21(34-23(38)17-9-6-5-7-10-17)25(40)32-18(12-13-20(35)36)24(39)31-16(3)22(37)33-19(26(41)42)11-8-14-30-27(28)29/h5-7,9-10,15-16,18-19,21H,4,8,11-14H2,1-3H3,(H,31,39)(H,32,40)(H,33,37)(H,34,38)(H,35,36)(H,41,42)(H4,28,29,30)/t15-,16-,18-,19-,21-/m0/s1. The highest BCUT2D eigenvalue weighted by Gasteiger charge is 2.32. The molecule has 0 spiro atoms. The number of carboxylic acid groups (broad SMARTS) is 2. The van der Waals surface area contributed by atoms with Crippen molar-refractivity contribution in [3.63, 3.8) is 0 Å². The number of hydrogen-bond acceptors (Lipinski definition) is 7. The summed E-state index contributed by atoms with van der Waals surface area (Å²) in [5, 5.41) is 28.5. The number of nitrogens with one attached hydrogen (secondary N) is 4. The van der Waals surface area contributed by atoms with Crippen LogP contribution in [0.3, 0.4) is 0 Å². The summed E-state index contributed by atoms with van der Waals surface area (Å²) < 4.78 is 0. The van der Waals surface area contributed by atoms with Crippen LogP contribution >= 0.6 is 0 Å². The predicted octanol–water partition coefficient (Wildman–Crippen LogP) is -0.692. The number of amides is 4. The van der Waals surface area contributed by atoms with E-state index in [1.807, 2.05) is 6.92 Å². The third kappa shape index (κ3) is 12.7. The number of carboxylic acids is 2. The van der Waals surface area contributed by atoms with Gasteiger partial charge in [0.15, 0.2) is 5.96 Å². The average Bonchev–Trinajstić information content (AvgIpc) is 2.94. The molecule has 1 aromatic rings. The lowest BCUT2D eigenvalue weighted by Gasteiger charge is -2.27. The number of aliphatic imine (C=N–C) groups is 1. The van der Waals surface area contributed by atoms with Crippen molar-refractivity contribution in [2.24, 2.45) is 22.4 Å². The van der Waals surface area contributed by atoms with Gasteiger partial charge in [0.25, 0.3) is 5.91 Å². The van der Waals surface area contributed by atoms with Crippen molar-refractivity contribution in [1.29, 1.82) is 0 Å². The second-order valence-corrected chi connectivity index (χ2v) is 9.77. The topological polar surface area (TPSA) is 255 Å². The van der Waals surface area contributed by atoms with Crippen LogP contribution in [0.5, 0.6) is 0 Å². The molecule has 10 N–H and O–H groups in total. The Labute approximate surface area is 243 Å². The zero-order valence-electron chi connectivity index (χ0n) is 24.0. The van der Waals surface area contributed by atoms with E-state index in [9.17, 15) is 33.9 Å². The van der Waals surface area contributed by atoms with E-state index >= 15 is 0 Å². The van der Waals surface area contributed by atoms with E-state index in [-0.39, 0.29) is 37.7 Å². The van der Waals surface area contributed by atoms with E-state index in [1.165, 1.54) is 6.92 Å². The summed E-state index contributed by atoms with van der Waals surface area (Å²) in [5.74, 6) is -5.88. The van der Waals surface area contributed by atoms with Gasteiger partial charge in [-0.3, -0.25) is 29.0 Å². The van der Waals surface area contributed by atoms with Gasteiger partial charge in [-0.25, -0.2) is 4.79 Å². The van der Waals surface area contributed by atoms with E-state index < -0.39 is 66.2 Å². The molecule has 0 bridgehead atoms. The van der Waals surface area contributed by atoms with E-state index in [2.05, 4.69) is 26.3 Å². The molecule has 232 valence electrons. The van der Waals surface area contributed by atoms with Gasteiger partial charge in [0.05, 0.1) is 0 Å². The maximum absolute atomic E-state index is 13.3. The van der Waals surface area contributed by atoms with E-state index in [0.29, 0.717) is 12.0 Å².